The fraction of sp³-hybridized carbons (Fsp3) is 0.308. The monoisotopic (exact) mass is 259 g/mol. The van der Waals surface area contributed by atoms with E-state index in [2.05, 4.69) is 15.4 Å². The van der Waals surface area contributed by atoms with Crippen LogP contribution in [0.3, 0.4) is 0 Å². The number of amides is 1. The van der Waals surface area contributed by atoms with E-state index in [0.717, 1.165) is 17.7 Å². The molecule has 19 heavy (non-hydrogen) atoms. The maximum Gasteiger partial charge on any atom is 0.275 e. The number of nitrogens with two attached hydrogens (primary N) is 1. The maximum absolute atomic E-state index is 12.1. The van der Waals surface area contributed by atoms with Crippen molar-refractivity contribution in [2.45, 2.75) is 20.3 Å². The number of pyridine rings is 1. The van der Waals surface area contributed by atoms with Crippen molar-refractivity contribution >= 4 is 17.4 Å². The van der Waals surface area contributed by atoms with E-state index in [1.807, 2.05) is 13.8 Å². The van der Waals surface area contributed by atoms with Gasteiger partial charge >= 0.3 is 0 Å². The molecule has 2 aromatic heterocycles. The summed E-state index contributed by atoms with van der Waals surface area (Å²) in [5, 5.41) is 6.98. The molecule has 2 aromatic rings. The minimum Gasteiger partial charge on any atom is -0.397 e. The molecule has 0 saturated carbocycles. The third kappa shape index (κ3) is 2.73. The van der Waals surface area contributed by atoms with E-state index in [4.69, 9.17) is 5.73 Å². The van der Waals surface area contributed by atoms with Crippen LogP contribution in [0.5, 0.6) is 0 Å². The lowest BCUT2D eigenvalue weighted by Gasteiger charge is -2.06. The predicted octanol–water partition coefficient (Wildman–Crippen LogP) is 1.52. The molecule has 0 atom stereocenters. The summed E-state index contributed by atoms with van der Waals surface area (Å²) in [7, 11) is 1.75. The quantitative estimate of drug-likeness (QED) is 0.875. The minimum atomic E-state index is -0.230. The molecule has 0 fully saturated rings. The van der Waals surface area contributed by atoms with Gasteiger partial charge in [0, 0.05) is 7.05 Å². The number of aryl methyl sites for hydroxylation is 3. The Labute approximate surface area is 111 Å². The molecule has 6 heteroatoms. The van der Waals surface area contributed by atoms with E-state index >= 15 is 0 Å². The van der Waals surface area contributed by atoms with Crippen LogP contribution >= 0.6 is 0 Å². The van der Waals surface area contributed by atoms with Gasteiger partial charge in [0.05, 0.1) is 17.6 Å². The van der Waals surface area contributed by atoms with Gasteiger partial charge in [-0.1, -0.05) is 6.92 Å². The molecule has 0 saturated heterocycles. The molecule has 0 aromatic carbocycles. The number of nitrogens with one attached hydrogen (secondary N) is 1. The molecule has 3 N–H and O–H groups in total. The van der Waals surface area contributed by atoms with Gasteiger partial charge < -0.3 is 11.1 Å². The fourth-order valence-corrected chi connectivity index (χ4v) is 1.73. The van der Waals surface area contributed by atoms with E-state index in [-0.39, 0.29) is 5.91 Å². The van der Waals surface area contributed by atoms with Crippen LogP contribution in [0.1, 0.15) is 28.7 Å². The number of nitrogen functional groups attached to an aromatic ring is 1. The lowest BCUT2D eigenvalue weighted by Crippen LogP contribution is -2.17. The second-order valence-corrected chi connectivity index (χ2v) is 4.38. The molecule has 100 valence electrons. The van der Waals surface area contributed by atoms with Crippen molar-refractivity contribution in [2.75, 3.05) is 11.1 Å². The standard InChI is InChI=1S/C13H17N5O/c1-4-9-6-11(18(3)17-9)13(19)16-12-5-8(2)10(14)7-15-12/h5-7H,4,14H2,1-3H3,(H,15,16,19). The van der Waals surface area contributed by atoms with E-state index in [1.165, 1.54) is 6.20 Å². The Balaban J connectivity index is 2.20. The van der Waals surface area contributed by atoms with Crippen LogP contribution in [0.2, 0.25) is 0 Å². The van der Waals surface area contributed by atoms with Crippen LogP contribution in [-0.4, -0.2) is 20.7 Å². The number of hydrogen-bond donors (Lipinski definition) is 2. The highest BCUT2D eigenvalue weighted by molar-refractivity contribution is 6.02. The summed E-state index contributed by atoms with van der Waals surface area (Å²) < 4.78 is 1.57. The lowest BCUT2D eigenvalue weighted by molar-refractivity contribution is 0.101. The molecule has 1 amide bonds. The highest BCUT2D eigenvalue weighted by Crippen LogP contribution is 2.14. The summed E-state index contributed by atoms with van der Waals surface area (Å²) in [5.74, 6) is 0.252. The lowest BCUT2D eigenvalue weighted by atomic mass is 10.2. The summed E-state index contributed by atoms with van der Waals surface area (Å²) >= 11 is 0. The van der Waals surface area contributed by atoms with E-state index in [9.17, 15) is 4.79 Å². The van der Waals surface area contributed by atoms with Crippen LogP contribution in [0, 0.1) is 6.92 Å². The summed E-state index contributed by atoms with van der Waals surface area (Å²) in [6, 6.07) is 3.52. The van der Waals surface area contributed by atoms with Gasteiger partial charge in [0.2, 0.25) is 0 Å². The topological polar surface area (TPSA) is 85.8 Å². The van der Waals surface area contributed by atoms with E-state index in [0.29, 0.717) is 17.2 Å². The summed E-state index contributed by atoms with van der Waals surface area (Å²) in [4.78, 5) is 16.2. The van der Waals surface area contributed by atoms with Gasteiger partial charge in [0.15, 0.2) is 0 Å². The second-order valence-electron chi connectivity index (χ2n) is 4.38. The molecule has 0 unspecified atom stereocenters. The second kappa shape index (κ2) is 5.09. The number of aromatic nitrogens is 3. The first-order chi connectivity index (χ1) is 9.01. The van der Waals surface area contributed by atoms with Crippen molar-refractivity contribution in [1.29, 1.82) is 0 Å². The molecular formula is C13H17N5O. The van der Waals surface area contributed by atoms with Crippen molar-refractivity contribution in [1.82, 2.24) is 14.8 Å². The predicted molar refractivity (Wildman–Crippen MR) is 73.9 cm³/mol. The van der Waals surface area contributed by atoms with Crippen molar-refractivity contribution in [3.05, 3.63) is 35.3 Å². The average Bonchev–Trinajstić information content (AvgIpc) is 2.75. The number of nitrogens with zero attached hydrogens (tertiary/aromatic N) is 3. The fourth-order valence-electron chi connectivity index (χ4n) is 1.73. The van der Waals surface area contributed by atoms with Crippen molar-refractivity contribution in [3.8, 4) is 0 Å². The number of rotatable bonds is 3. The van der Waals surface area contributed by atoms with Gasteiger partial charge in [0.25, 0.3) is 5.91 Å². The van der Waals surface area contributed by atoms with Crippen molar-refractivity contribution in [3.63, 3.8) is 0 Å². The van der Waals surface area contributed by atoms with Crippen molar-refractivity contribution < 1.29 is 4.79 Å². The number of carbonyl (C=O) groups excluding carboxylic acids is 1. The Morgan fingerprint density at radius 3 is 2.79 bits per heavy atom. The van der Waals surface area contributed by atoms with Crippen LogP contribution in [0.25, 0.3) is 0 Å². The number of hydrogen-bond acceptors (Lipinski definition) is 4. The highest BCUT2D eigenvalue weighted by Gasteiger charge is 2.13. The molecule has 0 aliphatic rings. The SMILES string of the molecule is CCc1cc(C(=O)Nc2cc(C)c(N)cn2)n(C)n1. The first-order valence-corrected chi connectivity index (χ1v) is 6.07. The maximum atomic E-state index is 12.1. The Morgan fingerprint density at radius 2 is 2.21 bits per heavy atom. The Hall–Kier alpha value is -2.37. The molecular weight excluding hydrogens is 242 g/mol. The van der Waals surface area contributed by atoms with Gasteiger partial charge in [-0.2, -0.15) is 5.10 Å². The van der Waals surface area contributed by atoms with Crippen LogP contribution in [-0.2, 0) is 13.5 Å². The number of carbonyl (C=O) groups is 1. The third-order valence-corrected chi connectivity index (χ3v) is 2.92. The molecule has 0 radical (unpaired) electrons. The largest absolute Gasteiger partial charge is 0.397 e. The van der Waals surface area contributed by atoms with E-state index < -0.39 is 0 Å². The highest BCUT2D eigenvalue weighted by atomic mass is 16.2. The molecule has 0 aliphatic heterocycles. The zero-order chi connectivity index (χ0) is 14.0. The molecule has 2 heterocycles. The van der Waals surface area contributed by atoms with Gasteiger partial charge in [0.1, 0.15) is 11.5 Å². The summed E-state index contributed by atoms with van der Waals surface area (Å²) in [6.45, 7) is 3.86. The van der Waals surface area contributed by atoms with Gasteiger partial charge in [-0.05, 0) is 31.0 Å². The summed E-state index contributed by atoms with van der Waals surface area (Å²) in [6.07, 6.45) is 2.33. The summed E-state index contributed by atoms with van der Waals surface area (Å²) in [5.41, 5.74) is 8.56. The third-order valence-electron chi connectivity index (χ3n) is 2.92. The first kappa shape index (κ1) is 13.1. The Morgan fingerprint density at radius 1 is 1.47 bits per heavy atom. The average molecular weight is 259 g/mol. The van der Waals surface area contributed by atoms with Crippen LogP contribution in [0.15, 0.2) is 18.3 Å². The molecule has 0 spiro atoms. The Bertz CT molecular complexity index is 617. The van der Waals surface area contributed by atoms with Crippen molar-refractivity contribution in [2.24, 2.45) is 7.05 Å². The molecule has 6 nitrogen and oxygen atoms in total. The zero-order valence-electron chi connectivity index (χ0n) is 11.3. The van der Waals surface area contributed by atoms with E-state index in [1.54, 1.807) is 23.9 Å². The van der Waals surface area contributed by atoms with Crippen LogP contribution in [0.4, 0.5) is 11.5 Å². The number of anilines is 2. The molecule has 0 bridgehead atoms. The van der Waals surface area contributed by atoms with Gasteiger partial charge in [-0.3, -0.25) is 9.48 Å². The minimum absolute atomic E-state index is 0.230. The smallest absolute Gasteiger partial charge is 0.275 e. The molecule has 2 rings (SSSR count). The zero-order valence-corrected chi connectivity index (χ0v) is 11.3. The first-order valence-electron chi connectivity index (χ1n) is 6.07. The molecule has 0 aliphatic carbocycles. The Kier molecular flexibility index (Phi) is 3.50. The van der Waals surface area contributed by atoms with Crippen LogP contribution < -0.4 is 11.1 Å². The van der Waals surface area contributed by atoms with Gasteiger partial charge in [-0.15, -0.1) is 0 Å². The van der Waals surface area contributed by atoms with Gasteiger partial charge in [-0.25, -0.2) is 4.98 Å². The normalized spacial score (nSPS) is 10.5.